The van der Waals surface area contributed by atoms with E-state index in [0.29, 0.717) is 11.5 Å². The first-order valence-electron chi connectivity index (χ1n) is 3.76. The van der Waals surface area contributed by atoms with Crippen LogP contribution in [0, 0.1) is 0 Å². The van der Waals surface area contributed by atoms with Gasteiger partial charge in [-0.2, -0.15) is 0 Å². The van der Waals surface area contributed by atoms with Gasteiger partial charge < -0.3 is 14.6 Å². The molecule has 0 saturated heterocycles. The van der Waals surface area contributed by atoms with E-state index in [0.717, 1.165) is 0 Å². The van der Waals surface area contributed by atoms with E-state index in [1.165, 1.54) is 0 Å². The molecule has 1 amide bonds. The van der Waals surface area contributed by atoms with Crippen LogP contribution in [-0.4, -0.2) is 18.0 Å². The number of anilines is 1. The Kier molecular flexibility index (Phi) is 2.09. The molecule has 1 aliphatic rings. The van der Waals surface area contributed by atoms with Crippen LogP contribution < -0.4 is 14.8 Å². The number of carbonyl (C=O) groups is 1. The Labute approximate surface area is 84.2 Å². The Morgan fingerprint density at radius 3 is 3.00 bits per heavy atom. The van der Waals surface area contributed by atoms with Crippen molar-refractivity contribution in [3.63, 3.8) is 0 Å². The first kappa shape index (κ1) is 8.96. The molecule has 5 nitrogen and oxygen atoms in total. The number of halogens is 1. The lowest BCUT2D eigenvalue weighted by Crippen LogP contribution is -2.08. The normalized spacial score (nSPS) is 12.6. The molecule has 0 saturated carbocycles. The zero-order chi connectivity index (χ0) is 10.1. The topological polar surface area (TPSA) is 67.8 Å². The van der Waals surface area contributed by atoms with Crippen LogP contribution in [0.3, 0.4) is 0 Å². The van der Waals surface area contributed by atoms with E-state index in [-0.39, 0.29) is 17.5 Å². The molecule has 0 atom stereocenters. The quantitative estimate of drug-likeness (QED) is 0.753. The van der Waals surface area contributed by atoms with Gasteiger partial charge >= 0.3 is 6.09 Å². The Balaban J connectivity index is 2.46. The number of benzene rings is 1. The van der Waals surface area contributed by atoms with Gasteiger partial charge in [-0.25, -0.2) is 4.79 Å². The predicted octanol–water partition coefficient (Wildman–Crippen LogP) is 2.16. The van der Waals surface area contributed by atoms with Crippen molar-refractivity contribution < 1.29 is 19.4 Å². The summed E-state index contributed by atoms with van der Waals surface area (Å²) in [4.78, 5) is 10.5. The van der Waals surface area contributed by atoms with Crippen molar-refractivity contribution in [3.8, 4) is 11.5 Å². The number of hydrogen-bond acceptors (Lipinski definition) is 3. The van der Waals surface area contributed by atoms with Gasteiger partial charge in [0.1, 0.15) is 5.69 Å². The first-order chi connectivity index (χ1) is 6.68. The fourth-order valence-corrected chi connectivity index (χ4v) is 1.37. The molecule has 0 bridgehead atoms. The second-order valence-corrected chi connectivity index (χ2v) is 2.99. The number of fused-ring (bicyclic) bond motifs is 1. The van der Waals surface area contributed by atoms with Crippen molar-refractivity contribution in [2.75, 3.05) is 12.1 Å². The summed E-state index contributed by atoms with van der Waals surface area (Å²) in [5.74, 6) is 0.818. The average Bonchev–Trinajstić information content (AvgIpc) is 2.57. The Hall–Kier alpha value is -1.62. The minimum atomic E-state index is -1.20. The lowest BCUT2D eigenvalue weighted by molar-refractivity contribution is 0.174. The third kappa shape index (κ3) is 1.42. The highest BCUT2D eigenvalue weighted by molar-refractivity contribution is 6.34. The largest absolute Gasteiger partial charge is 0.465 e. The van der Waals surface area contributed by atoms with Crippen LogP contribution in [0.2, 0.25) is 5.02 Å². The van der Waals surface area contributed by atoms with E-state index in [9.17, 15) is 4.79 Å². The summed E-state index contributed by atoms with van der Waals surface area (Å²) in [6.45, 7) is 0.0734. The Morgan fingerprint density at radius 2 is 2.29 bits per heavy atom. The maximum Gasteiger partial charge on any atom is 0.409 e. The van der Waals surface area contributed by atoms with Crippen molar-refractivity contribution in [2.24, 2.45) is 0 Å². The maximum absolute atomic E-state index is 10.5. The SMILES string of the molecule is O=C(O)Nc1c(Cl)ccc2c1OCO2. The van der Waals surface area contributed by atoms with E-state index in [4.69, 9.17) is 26.2 Å². The van der Waals surface area contributed by atoms with Gasteiger partial charge in [0.25, 0.3) is 0 Å². The lowest BCUT2D eigenvalue weighted by atomic mass is 10.2. The molecular formula is C8H6ClNO4. The zero-order valence-corrected chi connectivity index (χ0v) is 7.67. The van der Waals surface area contributed by atoms with Crippen molar-refractivity contribution in [2.45, 2.75) is 0 Å². The summed E-state index contributed by atoms with van der Waals surface area (Å²) < 4.78 is 10.1. The first-order valence-corrected chi connectivity index (χ1v) is 4.14. The molecule has 6 heteroatoms. The standard InChI is InChI=1S/C8H6ClNO4/c9-4-1-2-5-7(14-3-13-5)6(4)10-8(11)12/h1-2,10H,3H2,(H,11,12). The van der Waals surface area contributed by atoms with Gasteiger partial charge in [-0.05, 0) is 12.1 Å². The second kappa shape index (κ2) is 3.26. The molecule has 1 aromatic carbocycles. The molecule has 0 aliphatic carbocycles. The number of carboxylic acid groups (broad SMARTS) is 1. The van der Waals surface area contributed by atoms with Crippen LogP contribution in [0.5, 0.6) is 11.5 Å². The number of rotatable bonds is 1. The minimum Gasteiger partial charge on any atom is -0.465 e. The highest BCUT2D eigenvalue weighted by Crippen LogP contribution is 2.43. The van der Waals surface area contributed by atoms with Gasteiger partial charge in [-0.15, -0.1) is 0 Å². The van der Waals surface area contributed by atoms with E-state index in [1.807, 2.05) is 0 Å². The number of hydrogen-bond donors (Lipinski definition) is 2. The highest BCUT2D eigenvalue weighted by atomic mass is 35.5. The summed E-state index contributed by atoms with van der Waals surface area (Å²) >= 11 is 5.79. The molecule has 14 heavy (non-hydrogen) atoms. The van der Waals surface area contributed by atoms with Crippen molar-refractivity contribution in [3.05, 3.63) is 17.2 Å². The molecule has 74 valence electrons. The second-order valence-electron chi connectivity index (χ2n) is 2.59. The van der Waals surface area contributed by atoms with Crippen LogP contribution in [0.25, 0.3) is 0 Å². The molecule has 0 radical (unpaired) electrons. The van der Waals surface area contributed by atoms with E-state index < -0.39 is 6.09 Å². The Morgan fingerprint density at radius 1 is 1.50 bits per heavy atom. The fraction of sp³-hybridized carbons (Fsp3) is 0.125. The van der Waals surface area contributed by atoms with E-state index in [2.05, 4.69) is 5.32 Å². The van der Waals surface area contributed by atoms with Crippen LogP contribution in [0.1, 0.15) is 0 Å². The van der Waals surface area contributed by atoms with Gasteiger partial charge in [0.2, 0.25) is 6.79 Å². The van der Waals surface area contributed by atoms with Gasteiger partial charge in [0, 0.05) is 0 Å². The monoisotopic (exact) mass is 215 g/mol. The van der Waals surface area contributed by atoms with Crippen molar-refractivity contribution in [1.82, 2.24) is 0 Å². The van der Waals surface area contributed by atoms with Crippen LogP contribution >= 0.6 is 11.6 Å². The molecule has 2 N–H and O–H groups in total. The summed E-state index contributed by atoms with van der Waals surface area (Å²) in [6.07, 6.45) is -1.20. The number of nitrogens with one attached hydrogen (secondary N) is 1. The molecule has 0 aromatic heterocycles. The van der Waals surface area contributed by atoms with Gasteiger partial charge in [0.05, 0.1) is 5.02 Å². The van der Waals surface area contributed by atoms with E-state index >= 15 is 0 Å². The summed E-state index contributed by atoms with van der Waals surface area (Å²) in [5.41, 5.74) is 0.217. The molecular weight excluding hydrogens is 210 g/mol. The molecule has 1 aliphatic heterocycles. The average molecular weight is 216 g/mol. The van der Waals surface area contributed by atoms with E-state index in [1.54, 1.807) is 12.1 Å². The molecule has 1 heterocycles. The Bertz CT molecular complexity index is 393. The summed E-state index contributed by atoms with van der Waals surface area (Å²) in [5, 5.41) is 11.0. The zero-order valence-electron chi connectivity index (χ0n) is 6.91. The number of amides is 1. The molecule has 0 fully saturated rings. The van der Waals surface area contributed by atoms with Crippen LogP contribution in [0.4, 0.5) is 10.5 Å². The molecule has 0 unspecified atom stereocenters. The predicted molar refractivity (Wildman–Crippen MR) is 49.2 cm³/mol. The third-order valence-corrected chi connectivity index (χ3v) is 2.04. The minimum absolute atomic E-state index is 0.0734. The van der Waals surface area contributed by atoms with Crippen molar-refractivity contribution in [1.29, 1.82) is 0 Å². The number of ether oxygens (including phenoxy) is 2. The van der Waals surface area contributed by atoms with Gasteiger partial charge in [-0.3, -0.25) is 5.32 Å². The maximum atomic E-state index is 10.5. The summed E-state index contributed by atoms with van der Waals surface area (Å²) in [6, 6.07) is 3.16. The smallest absolute Gasteiger partial charge is 0.409 e. The molecule has 2 rings (SSSR count). The lowest BCUT2D eigenvalue weighted by Gasteiger charge is -2.06. The molecule has 1 aromatic rings. The highest BCUT2D eigenvalue weighted by Gasteiger charge is 2.21. The van der Waals surface area contributed by atoms with Gasteiger partial charge in [-0.1, -0.05) is 11.6 Å². The fourth-order valence-electron chi connectivity index (χ4n) is 1.17. The molecule has 0 spiro atoms. The third-order valence-electron chi connectivity index (χ3n) is 1.72. The van der Waals surface area contributed by atoms with Crippen molar-refractivity contribution >= 4 is 23.4 Å². The van der Waals surface area contributed by atoms with Gasteiger partial charge in [0.15, 0.2) is 11.5 Å². The summed E-state index contributed by atoms with van der Waals surface area (Å²) in [7, 11) is 0. The van der Waals surface area contributed by atoms with Crippen LogP contribution in [-0.2, 0) is 0 Å². The van der Waals surface area contributed by atoms with Crippen LogP contribution in [0.15, 0.2) is 12.1 Å².